The fourth-order valence-corrected chi connectivity index (χ4v) is 7.74. The SMILES string of the molecule is [B]c1c(C)c(S)c(C)c2c1Cc1c([B])c(C3=Cc4c(sc5c4C=CCC5)CC3)c(C)c(C)c1-2. The molecule has 0 aliphatic heterocycles. The molecule has 0 bridgehead atoms. The molecule has 160 valence electrons. The van der Waals surface area contributed by atoms with E-state index in [1.165, 1.54) is 72.5 Å². The molecule has 0 nitrogen and oxygen atoms in total. The summed E-state index contributed by atoms with van der Waals surface area (Å²) in [5.74, 6) is 0. The number of allylic oxidation sites excluding steroid dienone is 2. The van der Waals surface area contributed by atoms with Crippen molar-refractivity contribution in [1.82, 2.24) is 0 Å². The van der Waals surface area contributed by atoms with Gasteiger partial charge in [0.05, 0.1) is 0 Å². The van der Waals surface area contributed by atoms with Crippen molar-refractivity contribution < 1.29 is 0 Å². The van der Waals surface area contributed by atoms with Gasteiger partial charge in [-0.15, -0.1) is 24.0 Å². The van der Waals surface area contributed by atoms with Crippen LogP contribution in [-0.2, 0) is 19.3 Å². The Balaban J connectivity index is 1.57. The van der Waals surface area contributed by atoms with Gasteiger partial charge < -0.3 is 0 Å². The molecule has 0 amide bonds. The van der Waals surface area contributed by atoms with E-state index in [4.69, 9.17) is 28.3 Å². The van der Waals surface area contributed by atoms with Gasteiger partial charge in [-0.2, -0.15) is 0 Å². The van der Waals surface area contributed by atoms with Crippen LogP contribution >= 0.6 is 24.0 Å². The smallest absolute Gasteiger partial charge is 0.115 e. The van der Waals surface area contributed by atoms with E-state index in [2.05, 4.69) is 45.9 Å². The molecule has 1 aromatic heterocycles. The Kier molecular flexibility index (Phi) is 4.95. The number of aryl methyl sites for hydroxylation is 2. The van der Waals surface area contributed by atoms with Crippen LogP contribution in [0.3, 0.4) is 0 Å². The largest absolute Gasteiger partial charge is 0.144 e. The Morgan fingerprint density at radius 1 is 0.758 bits per heavy atom. The fraction of sp³-hybridized carbons (Fsp3) is 0.310. The van der Waals surface area contributed by atoms with E-state index in [9.17, 15) is 0 Å². The van der Waals surface area contributed by atoms with E-state index in [1.807, 2.05) is 11.3 Å². The molecule has 0 fully saturated rings. The molecular weight excluding hydrogens is 434 g/mol. The van der Waals surface area contributed by atoms with Crippen molar-refractivity contribution in [2.75, 3.05) is 0 Å². The van der Waals surface area contributed by atoms with Crippen LogP contribution in [0, 0.1) is 27.7 Å². The molecule has 1 heterocycles. The highest BCUT2D eigenvalue weighted by Crippen LogP contribution is 2.46. The Bertz CT molecular complexity index is 1450. The molecule has 0 saturated carbocycles. The second-order valence-corrected chi connectivity index (χ2v) is 11.5. The Hall–Kier alpha value is -1.90. The number of rotatable bonds is 1. The zero-order valence-corrected chi connectivity index (χ0v) is 21.5. The molecule has 0 saturated heterocycles. The third-order valence-electron chi connectivity index (χ3n) is 8.15. The summed E-state index contributed by atoms with van der Waals surface area (Å²) in [6.45, 7) is 8.73. The fourth-order valence-electron chi connectivity index (χ4n) is 6.22. The van der Waals surface area contributed by atoms with Gasteiger partial charge in [-0.05, 0) is 133 Å². The van der Waals surface area contributed by atoms with Crippen molar-refractivity contribution in [3.05, 3.63) is 65.9 Å². The van der Waals surface area contributed by atoms with Gasteiger partial charge in [-0.25, -0.2) is 0 Å². The van der Waals surface area contributed by atoms with Gasteiger partial charge in [0.1, 0.15) is 15.7 Å². The monoisotopic (exact) mass is 460 g/mol. The maximum atomic E-state index is 7.01. The van der Waals surface area contributed by atoms with Crippen molar-refractivity contribution in [3.63, 3.8) is 0 Å². The third-order valence-corrected chi connectivity index (χ3v) is 10.2. The van der Waals surface area contributed by atoms with Crippen molar-refractivity contribution in [1.29, 1.82) is 0 Å². The van der Waals surface area contributed by atoms with Crippen LogP contribution in [0.2, 0.25) is 0 Å². The van der Waals surface area contributed by atoms with Gasteiger partial charge in [0.2, 0.25) is 0 Å². The predicted molar refractivity (Wildman–Crippen MR) is 150 cm³/mol. The summed E-state index contributed by atoms with van der Waals surface area (Å²) in [5, 5.41) is 0. The van der Waals surface area contributed by atoms with E-state index < -0.39 is 0 Å². The normalized spacial score (nSPS) is 15.7. The van der Waals surface area contributed by atoms with Crippen LogP contribution in [-0.4, -0.2) is 15.7 Å². The van der Waals surface area contributed by atoms with Gasteiger partial charge in [-0.1, -0.05) is 23.1 Å². The molecule has 2 aromatic carbocycles. The van der Waals surface area contributed by atoms with Gasteiger partial charge in [-0.3, -0.25) is 0 Å². The first-order valence-corrected chi connectivity index (χ1v) is 13.1. The van der Waals surface area contributed by atoms with E-state index in [0.717, 1.165) is 47.1 Å². The molecule has 0 unspecified atom stereocenters. The van der Waals surface area contributed by atoms with Crippen LogP contribution in [0.5, 0.6) is 0 Å². The van der Waals surface area contributed by atoms with Crippen LogP contribution in [0.4, 0.5) is 0 Å². The molecule has 3 aliphatic carbocycles. The molecule has 4 radical (unpaired) electrons. The third kappa shape index (κ3) is 2.93. The highest BCUT2D eigenvalue weighted by molar-refractivity contribution is 7.80. The Labute approximate surface area is 209 Å². The van der Waals surface area contributed by atoms with Crippen LogP contribution in [0.1, 0.15) is 72.7 Å². The van der Waals surface area contributed by atoms with E-state index in [-0.39, 0.29) is 0 Å². The Morgan fingerprint density at radius 3 is 2.21 bits per heavy atom. The highest BCUT2D eigenvalue weighted by Gasteiger charge is 2.31. The summed E-state index contributed by atoms with van der Waals surface area (Å²) in [6, 6.07) is 0. The topological polar surface area (TPSA) is 0 Å². The first kappa shape index (κ1) is 21.6. The molecule has 0 spiro atoms. The lowest BCUT2D eigenvalue weighted by atomic mass is 9.74. The highest BCUT2D eigenvalue weighted by atomic mass is 32.1. The summed E-state index contributed by atoms with van der Waals surface area (Å²) in [6.07, 6.45) is 12.4. The first-order valence-electron chi connectivity index (χ1n) is 11.8. The average Bonchev–Trinajstić information content (AvgIpc) is 3.39. The first-order chi connectivity index (χ1) is 15.8. The van der Waals surface area contributed by atoms with E-state index >= 15 is 0 Å². The molecule has 0 atom stereocenters. The van der Waals surface area contributed by atoms with Crippen molar-refractivity contribution in [2.45, 2.75) is 64.7 Å². The van der Waals surface area contributed by atoms with Gasteiger partial charge in [0.25, 0.3) is 0 Å². The number of thiol groups is 1. The van der Waals surface area contributed by atoms with Crippen molar-refractivity contribution in [3.8, 4) is 11.1 Å². The van der Waals surface area contributed by atoms with Crippen molar-refractivity contribution in [2.24, 2.45) is 0 Å². The Morgan fingerprint density at radius 2 is 1.42 bits per heavy atom. The average molecular weight is 460 g/mol. The minimum absolute atomic E-state index is 0.807. The molecule has 4 heteroatoms. The van der Waals surface area contributed by atoms with Gasteiger partial charge in [0.15, 0.2) is 0 Å². The quantitative estimate of drug-likeness (QED) is 0.267. The lowest BCUT2D eigenvalue weighted by Gasteiger charge is -2.24. The molecule has 3 aliphatic rings. The van der Waals surface area contributed by atoms with Gasteiger partial charge in [0, 0.05) is 14.6 Å². The second-order valence-electron chi connectivity index (χ2n) is 9.82. The lowest BCUT2D eigenvalue weighted by Crippen LogP contribution is -2.20. The minimum atomic E-state index is 0.807. The van der Waals surface area contributed by atoms with Gasteiger partial charge >= 0.3 is 0 Å². The summed E-state index contributed by atoms with van der Waals surface area (Å²) < 4.78 is 0. The number of hydrogen-bond acceptors (Lipinski definition) is 2. The molecule has 0 N–H and O–H groups in total. The summed E-state index contributed by atoms with van der Waals surface area (Å²) in [5.41, 5.74) is 17.3. The zero-order valence-electron chi connectivity index (χ0n) is 19.8. The number of fused-ring (bicyclic) bond motifs is 6. The van der Waals surface area contributed by atoms with Crippen molar-refractivity contribution >= 4 is 68.3 Å². The van der Waals surface area contributed by atoms with Crippen LogP contribution < -0.4 is 10.9 Å². The lowest BCUT2D eigenvalue weighted by molar-refractivity contribution is 1.01. The number of benzene rings is 2. The number of thiophene rings is 1. The van der Waals surface area contributed by atoms with Crippen LogP contribution in [0.25, 0.3) is 28.9 Å². The number of hydrogen-bond donors (Lipinski definition) is 1. The summed E-state index contributed by atoms with van der Waals surface area (Å²) in [7, 11) is 13.6. The van der Waals surface area contributed by atoms with E-state index in [0.29, 0.717) is 0 Å². The maximum Gasteiger partial charge on any atom is 0.115 e. The zero-order chi connectivity index (χ0) is 23.2. The summed E-state index contributed by atoms with van der Waals surface area (Å²) in [4.78, 5) is 4.09. The van der Waals surface area contributed by atoms with Crippen LogP contribution in [0.15, 0.2) is 11.0 Å². The minimum Gasteiger partial charge on any atom is -0.144 e. The molecule has 6 rings (SSSR count). The van der Waals surface area contributed by atoms with E-state index in [1.54, 1.807) is 4.88 Å². The maximum absolute atomic E-state index is 7.01. The molecular formula is C29H26B2S2. The molecule has 3 aromatic rings. The standard InChI is InChI=1S/C29H26B2S2/c1-13-14(2)25-21(12-20-26(25)15(3)29(32)16(4)27(20)30)28(31)24(13)17-9-10-23-19(11-17)18-7-5-6-8-22(18)33-23/h5,7,11,32H,6,8-10,12H2,1-4H3. The predicted octanol–water partition coefficient (Wildman–Crippen LogP) is 5.88. The second kappa shape index (κ2) is 7.55. The molecule has 33 heavy (non-hydrogen) atoms. The summed E-state index contributed by atoms with van der Waals surface area (Å²) >= 11 is 6.81.